The third-order valence-electron chi connectivity index (χ3n) is 4.85. The standard InChI is InChI=1S/C22H19ClN2O3S2/c1-24(14-16-5-3-2-4-6-16)30(27,28)19-11-12-20-21(13-19)29-22(26)25(20)15-17-7-9-18(23)10-8-17/h2-13H,14-15H2,1H3. The van der Waals surface area contributed by atoms with Gasteiger partial charge in [-0.15, -0.1) is 0 Å². The van der Waals surface area contributed by atoms with Crippen molar-refractivity contribution < 1.29 is 8.42 Å². The maximum Gasteiger partial charge on any atom is 0.308 e. The molecule has 154 valence electrons. The van der Waals surface area contributed by atoms with Gasteiger partial charge in [-0.1, -0.05) is 65.4 Å². The van der Waals surface area contributed by atoms with Crippen LogP contribution in [0.4, 0.5) is 0 Å². The molecule has 0 N–H and O–H groups in total. The van der Waals surface area contributed by atoms with Crippen LogP contribution in [-0.4, -0.2) is 24.3 Å². The van der Waals surface area contributed by atoms with Gasteiger partial charge in [0.2, 0.25) is 10.0 Å². The van der Waals surface area contributed by atoms with Gasteiger partial charge < -0.3 is 0 Å². The van der Waals surface area contributed by atoms with E-state index in [2.05, 4.69) is 0 Å². The summed E-state index contributed by atoms with van der Waals surface area (Å²) in [6.07, 6.45) is 0. The third-order valence-corrected chi connectivity index (χ3v) is 7.84. The summed E-state index contributed by atoms with van der Waals surface area (Å²) in [5.74, 6) is 0. The Kier molecular flexibility index (Phi) is 5.79. The van der Waals surface area contributed by atoms with Crippen molar-refractivity contribution in [3.8, 4) is 0 Å². The molecule has 0 amide bonds. The predicted molar refractivity (Wildman–Crippen MR) is 122 cm³/mol. The highest BCUT2D eigenvalue weighted by molar-refractivity contribution is 7.89. The Morgan fingerprint density at radius 3 is 2.37 bits per heavy atom. The fraction of sp³-hybridized carbons (Fsp3) is 0.136. The molecule has 0 unspecified atom stereocenters. The number of sulfonamides is 1. The van der Waals surface area contributed by atoms with Gasteiger partial charge in [0, 0.05) is 18.6 Å². The Morgan fingerprint density at radius 1 is 0.967 bits per heavy atom. The largest absolute Gasteiger partial charge is 0.308 e. The van der Waals surface area contributed by atoms with Gasteiger partial charge >= 0.3 is 4.87 Å². The van der Waals surface area contributed by atoms with E-state index in [9.17, 15) is 13.2 Å². The molecule has 4 aromatic rings. The summed E-state index contributed by atoms with van der Waals surface area (Å²) in [5.41, 5.74) is 2.56. The van der Waals surface area contributed by atoms with Crippen molar-refractivity contribution in [2.75, 3.05) is 7.05 Å². The maximum absolute atomic E-state index is 13.0. The van der Waals surface area contributed by atoms with Gasteiger partial charge in [0.25, 0.3) is 0 Å². The first-order valence-corrected chi connectivity index (χ1v) is 11.9. The second-order valence-electron chi connectivity index (χ2n) is 6.96. The van der Waals surface area contributed by atoms with E-state index in [0.717, 1.165) is 22.5 Å². The van der Waals surface area contributed by atoms with Crippen LogP contribution < -0.4 is 4.87 Å². The van der Waals surface area contributed by atoms with E-state index in [4.69, 9.17) is 11.6 Å². The fourth-order valence-corrected chi connectivity index (χ4v) is 5.55. The molecule has 1 heterocycles. The lowest BCUT2D eigenvalue weighted by Gasteiger charge is -2.17. The van der Waals surface area contributed by atoms with E-state index in [0.29, 0.717) is 21.8 Å². The molecule has 5 nitrogen and oxygen atoms in total. The van der Waals surface area contributed by atoms with E-state index in [-0.39, 0.29) is 16.3 Å². The van der Waals surface area contributed by atoms with E-state index in [1.807, 2.05) is 42.5 Å². The number of benzene rings is 3. The molecule has 1 aromatic heterocycles. The summed E-state index contributed by atoms with van der Waals surface area (Å²) in [6, 6.07) is 21.6. The highest BCUT2D eigenvalue weighted by atomic mass is 35.5. The smallest absolute Gasteiger partial charge is 0.294 e. The minimum Gasteiger partial charge on any atom is -0.294 e. The monoisotopic (exact) mass is 458 g/mol. The van der Waals surface area contributed by atoms with Crippen LogP contribution in [0.5, 0.6) is 0 Å². The number of hydrogen-bond donors (Lipinski definition) is 0. The molecule has 0 saturated carbocycles. The summed E-state index contributed by atoms with van der Waals surface area (Å²) in [4.78, 5) is 12.6. The lowest BCUT2D eigenvalue weighted by Crippen LogP contribution is -2.26. The Balaban J connectivity index is 1.65. The molecule has 0 aliphatic rings. The summed E-state index contributed by atoms with van der Waals surface area (Å²) in [6.45, 7) is 0.672. The molecule has 3 aromatic carbocycles. The predicted octanol–water partition coefficient (Wildman–Crippen LogP) is 4.59. The van der Waals surface area contributed by atoms with Crippen molar-refractivity contribution in [2.45, 2.75) is 18.0 Å². The minimum absolute atomic E-state index is 0.132. The highest BCUT2D eigenvalue weighted by Crippen LogP contribution is 2.25. The van der Waals surface area contributed by atoms with Crippen LogP contribution in [0.25, 0.3) is 10.2 Å². The first-order valence-electron chi connectivity index (χ1n) is 9.23. The molecule has 0 bridgehead atoms. The number of halogens is 1. The van der Waals surface area contributed by atoms with Crippen molar-refractivity contribution in [3.63, 3.8) is 0 Å². The number of nitrogens with zero attached hydrogens (tertiary/aromatic N) is 2. The van der Waals surface area contributed by atoms with Crippen molar-refractivity contribution >= 4 is 43.2 Å². The van der Waals surface area contributed by atoms with Crippen LogP contribution in [0.2, 0.25) is 5.02 Å². The third kappa shape index (κ3) is 4.20. The first-order chi connectivity index (χ1) is 14.3. The zero-order valence-corrected chi connectivity index (χ0v) is 18.5. The topological polar surface area (TPSA) is 59.4 Å². The SMILES string of the molecule is CN(Cc1ccccc1)S(=O)(=O)c1ccc2c(c1)sc(=O)n2Cc1ccc(Cl)cc1. The molecule has 0 aliphatic heterocycles. The molecule has 0 radical (unpaired) electrons. The normalized spacial score (nSPS) is 12.0. The Hall–Kier alpha value is -2.45. The van der Waals surface area contributed by atoms with Crippen molar-refractivity contribution in [1.82, 2.24) is 8.87 Å². The van der Waals surface area contributed by atoms with Crippen LogP contribution >= 0.6 is 22.9 Å². The van der Waals surface area contributed by atoms with Crippen LogP contribution in [0.1, 0.15) is 11.1 Å². The van der Waals surface area contributed by atoms with Gasteiger partial charge in [-0.05, 0) is 41.5 Å². The van der Waals surface area contributed by atoms with Gasteiger partial charge in [-0.2, -0.15) is 4.31 Å². The molecule has 0 aliphatic carbocycles. The molecule has 4 rings (SSSR count). The Morgan fingerprint density at radius 2 is 1.67 bits per heavy atom. The van der Waals surface area contributed by atoms with Crippen LogP contribution in [0.15, 0.2) is 82.5 Å². The average Bonchev–Trinajstić information content (AvgIpc) is 3.04. The lowest BCUT2D eigenvalue weighted by atomic mass is 10.2. The van der Waals surface area contributed by atoms with E-state index >= 15 is 0 Å². The van der Waals surface area contributed by atoms with Crippen LogP contribution in [0.3, 0.4) is 0 Å². The number of fused-ring (bicyclic) bond motifs is 1. The molecule has 0 fully saturated rings. The lowest BCUT2D eigenvalue weighted by molar-refractivity contribution is 0.467. The number of thiazole rings is 1. The maximum atomic E-state index is 13.0. The molecule has 0 saturated heterocycles. The number of hydrogen-bond acceptors (Lipinski definition) is 4. The summed E-state index contributed by atoms with van der Waals surface area (Å²) in [7, 11) is -2.13. The second-order valence-corrected chi connectivity index (χ2v) is 10.4. The van der Waals surface area contributed by atoms with Crippen LogP contribution in [0, 0.1) is 0 Å². The summed E-state index contributed by atoms with van der Waals surface area (Å²) in [5, 5.41) is 0.635. The van der Waals surface area contributed by atoms with Crippen molar-refractivity contribution in [3.05, 3.63) is 98.6 Å². The molecule has 0 atom stereocenters. The van der Waals surface area contributed by atoms with Gasteiger partial charge in [0.15, 0.2) is 0 Å². The van der Waals surface area contributed by atoms with E-state index < -0.39 is 10.0 Å². The highest BCUT2D eigenvalue weighted by Gasteiger charge is 2.22. The molecular formula is C22H19ClN2O3S2. The Labute approximate surface area is 183 Å². The Bertz CT molecular complexity index is 1340. The molecule has 30 heavy (non-hydrogen) atoms. The van der Waals surface area contributed by atoms with E-state index in [1.54, 1.807) is 41.9 Å². The fourth-order valence-electron chi connectivity index (χ4n) is 3.23. The minimum atomic E-state index is -3.68. The zero-order valence-electron chi connectivity index (χ0n) is 16.2. The molecule has 8 heteroatoms. The first kappa shape index (κ1) is 20.8. The number of rotatable bonds is 6. The van der Waals surface area contributed by atoms with Gasteiger partial charge in [0.05, 0.1) is 21.7 Å². The number of aromatic nitrogens is 1. The van der Waals surface area contributed by atoms with Crippen molar-refractivity contribution in [2.24, 2.45) is 0 Å². The summed E-state index contributed by atoms with van der Waals surface area (Å²) < 4.78 is 29.7. The molecule has 0 spiro atoms. The second kappa shape index (κ2) is 8.35. The van der Waals surface area contributed by atoms with E-state index in [1.165, 1.54) is 4.31 Å². The van der Waals surface area contributed by atoms with Gasteiger partial charge in [-0.3, -0.25) is 9.36 Å². The van der Waals surface area contributed by atoms with Crippen molar-refractivity contribution in [1.29, 1.82) is 0 Å². The molecular weight excluding hydrogens is 440 g/mol. The van der Waals surface area contributed by atoms with Gasteiger partial charge in [0.1, 0.15) is 0 Å². The van der Waals surface area contributed by atoms with Gasteiger partial charge in [-0.25, -0.2) is 8.42 Å². The average molecular weight is 459 g/mol. The van der Waals surface area contributed by atoms with Crippen LogP contribution in [-0.2, 0) is 23.1 Å². The summed E-state index contributed by atoms with van der Waals surface area (Å²) >= 11 is 6.97. The zero-order chi connectivity index (χ0) is 21.3. The quantitative estimate of drug-likeness (QED) is 0.424.